The molecule has 0 saturated carbocycles. The van der Waals surface area contributed by atoms with Gasteiger partial charge in [0.15, 0.2) is 11.5 Å². The molecule has 0 saturated heterocycles. The van der Waals surface area contributed by atoms with Crippen molar-refractivity contribution in [1.29, 1.82) is 0 Å². The maximum absolute atomic E-state index is 11.9. The molecule has 0 aliphatic rings. The summed E-state index contributed by atoms with van der Waals surface area (Å²) in [4.78, 5) is 23.8. The van der Waals surface area contributed by atoms with Crippen LogP contribution in [-0.2, 0) is 9.59 Å². The number of hydrogen-bond acceptors (Lipinski definition) is 5. The van der Waals surface area contributed by atoms with E-state index in [2.05, 4.69) is 15.8 Å². The van der Waals surface area contributed by atoms with Gasteiger partial charge in [0.1, 0.15) is 0 Å². The number of nitrogens with zero attached hydrogens (tertiary/aromatic N) is 1. The van der Waals surface area contributed by atoms with Crippen LogP contribution < -0.4 is 15.5 Å². The van der Waals surface area contributed by atoms with E-state index in [1.165, 1.54) is 6.21 Å². The highest BCUT2D eigenvalue weighted by Crippen LogP contribution is 2.32. The van der Waals surface area contributed by atoms with Crippen LogP contribution in [0.1, 0.15) is 30.9 Å². The molecule has 28 heavy (non-hydrogen) atoms. The first-order valence-corrected chi connectivity index (χ1v) is 9.80. The third-order valence-electron chi connectivity index (χ3n) is 3.67. The summed E-state index contributed by atoms with van der Waals surface area (Å²) < 4.78 is 5.97. The molecule has 7 nitrogen and oxygen atoms in total. The molecular weight excluding hydrogens is 473 g/mol. The molecule has 0 bridgehead atoms. The van der Waals surface area contributed by atoms with Gasteiger partial charge < -0.3 is 15.2 Å². The second kappa shape index (κ2) is 10.6. The predicted molar refractivity (Wildman–Crippen MR) is 117 cm³/mol. The van der Waals surface area contributed by atoms with E-state index in [0.29, 0.717) is 27.2 Å². The number of phenolic OH excluding ortho intramolecular Hbond substituents is 1. The van der Waals surface area contributed by atoms with Gasteiger partial charge in [0.25, 0.3) is 0 Å². The first kappa shape index (κ1) is 21.7. The van der Waals surface area contributed by atoms with E-state index in [-0.39, 0.29) is 30.4 Å². The second-order valence-electron chi connectivity index (χ2n) is 5.99. The Morgan fingerprint density at radius 2 is 1.86 bits per heavy atom. The molecule has 0 fully saturated rings. The smallest absolute Gasteiger partial charge is 0.240 e. The van der Waals surface area contributed by atoms with Crippen LogP contribution in [0.25, 0.3) is 0 Å². The van der Waals surface area contributed by atoms with Crippen LogP contribution in [0.3, 0.4) is 0 Å². The molecule has 148 valence electrons. The molecular formula is C20H22IN3O4. The average Bonchev–Trinajstić information content (AvgIpc) is 2.66. The lowest BCUT2D eigenvalue weighted by atomic mass is 10.2. The number of aryl methyl sites for hydroxylation is 1. The molecule has 0 atom stereocenters. The zero-order valence-corrected chi connectivity index (χ0v) is 17.8. The van der Waals surface area contributed by atoms with E-state index in [1.807, 2.05) is 60.7 Å². The average molecular weight is 495 g/mol. The van der Waals surface area contributed by atoms with Crippen LogP contribution in [0.4, 0.5) is 5.69 Å². The molecule has 0 spiro atoms. The van der Waals surface area contributed by atoms with E-state index >= 15 is 0 Å². The maximum atomic E-state index is 11.9. The molecule has 2 amide bonds. The minimum Gasteiger partial charge on any atom is -0.504 e. The molecule has 0 radical (unpaired) electrons. The molecule has 3 N–H and O–H groups in total. The van der Waals surface area contributed by atoms with Crippen molar-refractivity contribution in [2.24, 2.45) is 5.10 Å². The summed E-state index contributed by atoms with van der Waals surface area (Å²) in [6.07, 6.45) is 1.53. The minimum absolute atomic E-state index is 0.0202. The van der Waals surface area contributed by atoms with Crippen molar-refractivity contribution in [3.05, 3.63) is 51.1 Å². The molecule has 0 unspecified atom stereocenters. The van der Waals surface area contributed by atoms with Gasteiger partial charge in [-0.3, -0.25) is 9.59 Å². The molecule has 2 rings (SSSR count). The summed E-state index contributed by atoms with van der Waals surface area (Å²) in [6.45, 7) is 4.21. The predicted octanol–water partition coefficient (Wildman–Crippen LogP) is 3.57. The fraction of sp³-hybridized carbons (Fsp3) is 0.250. The van der Waals surface area contributed by atoms with Gasteiger partial charge in [0.05, 0.1) is 16.4 Å². The van der Waals surface area contributed by atoms with Gasteiger partial charge in [-0.1, -0.05) is 17.7 Å². The second-order valence-corrected chi connectivity index (χ2v) is 7.15. The molecule has 0 aliphatic heterocycles. The number of rotatable bonds is 8. The molecule has 0 aliphatic carbocycles. The lowest BCUT2D eigenvalue weighted by Gasteiger charge is -2.08. The largest absolute Gasteiger partial charge is 0.504 e. The Labute approximate surface area is 177 Å². The molecule has 0 heterocycles. The SMILES string of the molecule is CCOc1cc(C=NNC(=O)CCC(=O)Nc2ccc(C)cc2)cc(I)c1O. The number of hydrazone groups is 1. The van der Waals surface area contributed by atoms with E-state index in [9.17, 15) is 14.7 Å². The van der Waals surface area contributed by atoms with Crippen LogP contribution in [0.2, 0.25) is 0 Å². The van der Waals surface area contributed by atoms with E-state index in [1.54, 1.807) is 12.1 Å². The minimum atomic E-state index is -0.367. The van der Waals surface area contributed by atoms with Gasteiger partial charge in [-0.05, 0) is 66.3 Å². The van der Waals surface area contributed by atoms with Gasteiger partial charge in [-0.2, -0.15) is 5.10 Å². The van der Waals surface area contributed by atoms with Gasteiger partial charge in [-0.25, -0.2) is 5.43 Å². The van der Waals surface area contributed by atoms with Crippen molar-refractivity contribution in [1.82, 2.24) is 5.43 Å². The van der Waals surface area contributed by atoms with Crippen molar-refractivity contribution in [2.75, 3.05) is 11.9 Å². The number of ether oxygens (including phenoxy) is 1. The summed E-state index contributed by atoms with van der Waals surface area (Å²) in [7, 11) is 0. The number of halogens is 1. The maximum Gasteiger partial charge on any atom is 0.240 e. The van der Waals surface area contributed by atoms with Crippen LogP contribution in [0.5, 0.6) is 11.5 Å². The van der Waals surface area contributed by atoms with Crippen molar-refractivity contribution in [3.8, 4) is 11.5 Å². The molecule has 0 aromatic heterocycles. The number of phenols is 1. The number of carbonyl (C=O) groups is 2. The number of aromatic hydroxyl groups is 1. The van der Waals surface area contributed by atoms with Crippen molar-refractivity contribution in [2.45, 2.75) is 26.7 Å². The van der Waals surface area contributed by atoms with Crippen LogP contribution >= 0.6 is 22.6 Å². The van der Waals surface area contributed by atoms with Crippen LogP contribution in [0.15, 0.2) is 41.5 Å². The summed E-state index contributed by atoms with van der Waals surface area (Å²) in [5.74, 6) is -0.176. The van der Waals surface area contributed by atoms with Crippen molar-refractivity contribution >= 4 is 46.3 Å². The first-order chi connectivity index (χ1) is 13.4. The third kappa shape index (κ3) is 6.84. The summed E-state index contributed by atoms with van der Waals surface area (Å²) in [5.41, 5.74) is 4.86. The van der Waals surface area contributed by atoms with E-state index in [0.717, 1.165) is 5.56 Å². The summed E-state index contributed by atoms with van der Waals surface area (Å²) in [5, 5.41) is 16.6. The Hall–Kier alpha value is -2.62. The van der Waals surface area contributed by atoms with Gasteiger partial charge >= 0.3 is 0 Å². The van der Waals surface area contributed by atoms with Crippen molar-refractivity contribution < 1.29 is 19.4 Å². The summed E-state index contributed by atoms with van der Waals surface area (Å²) >= 11 is 1.99. The Morgan fingerprint density at radius 3 is 2.54 bits per heavy atom. The van der Waals surface area contributed by atoms with Crippen molar-refractivity contribution in [3.63, 3.8) is 0 Å². The third-order valence-corrected chi connectivity index (χ3v) is 4.49. The first-order valence-electron chi connectivity index (χ1n) is 8.72. The number of nitrogens with one attached hydrogen (secondary N) is 2. The highest BCUT2D eigenvalue weighted by molar-refractivity contribution is 14.1. The zero-order valence-electron chi connectivity index (χ0n) is 15.7. The zero-order chi connectivity index (χ0) is 20.5. The fourth-order valence-corrected chi connectivity index (χ4v) is 2.88. The summed E-state index contributed by atoms with van der Waals surface area (Å²) in [6, 6.07) is 10.8. The standard InChI is InChI=1S/C20H22IN3O4/c1-3-28-17-11-14(10-16(21)20(17)27)12-22-24-19(26)9-8-18(25)23-15-6-4-13(2)5-7-15/h4-7,10-12,27H,3,8-9H2,1-2H3,(H,23,25)(H,24,26). The quantitative estimate of drug-likeness (QED) is 0.296. The number of hydrogen-bond donors (Lipinski definition) is 3. The monoisotopic (exact) mass is 495 g/mol. The van der Waals surface area contributed by atoms with Crippen LogP contribution in [0, 0.1) is 10.5 Å². The Bertz CT molecular complexity index is 866. The normalized spacial score (nSPS) is 10.7. The Morgan fingerprint density at radius 1 is 1.18 bits per heavy atom. The highest BCUT2D eigenvalue weighted by atomic mass is 127. The van der Waals surface area contributed by atoms with E-state index < -0.39 is 0 Å². The van der Waals surface area contributed by atoms with Gasteiger partial charge in [0.2, 0.25) is 11.8 Å². The number of carbonyl (C=O) groups excluding carboxylic acids is 2. The molecule has 2 aromatic carbocycles. The topological polar surface area (TPSA) is 100 Å². The number of benzene rings is 2. The Balaban J connectivity index is 1.81. The lowest BCUT2D eigenvalue weighted by Crippen LogP contribution is -2.20. The number of anilines is 1. The fourth-order valence-electron chi connectivity index (χ4n) is 2.26. The molecule has 8 heteroatoms. The van der Waals surface area contributed by atoms with Gasteiger partial charge in [0, 0.05) is 18.5 Å². The van der Waals surface area contributed by atoms with E-state index in [4.69, 9.17) is 4.74 Å². The van der Waals surface area contributed by atoms with Crippen LogP contribution in [-0.4, -0.2) is 29.7 Å². The highest BCUT2D eigenvalue weighted by Gasteiger charge is 2.09. The number of amides is 2. The van der Waals surface area contributed by atoms with Gasteiger partial charge in [-0.15, -0.1) is 0 Å². The molecule has 2 aromatic rings. The lowest BCUT2D eigenvalue weighted by molar-refractivity contribution is -0.124. The Kier molecular flexibility index (Phi) is 8.24.